The molecule has 0 fully saturated rings. The van der Waals surface area contributed by atoms with Crippen LogP contribution in [-0.4, -0.2) is 39.1 Å². The van der Waals surface area contributed by atoms with Crippen molar-refractivity contribution in [1.82, 2.24) is 5.32 Å². The van der Waals surface area contributed by atoms with E-state index in [1.807, 2.05) is 0 Å². The van der Waals surface area contributed by atoms with Crippen molar-refractivity contribution < 1.29 is 83.3 Å². The topological polar surface area (TPSA) is 56.8 Å². The van der Waals surface area contributed by atoms with Crippen LogP contribution < -0.4 is 66.9 Å². The molecule has 0 aliphatic rings. The van der Waals surface area contributed by atoms with Gasteiger partial charge >= 0.3 is 64.5 Å². The second-order valence-electron chi connectivity index (χ2n) is 6.18. The number of carbonyl (C=O) groups is 1. The number of ether oxygens (including phenoxy) is 3. The summed E-state index contributed by atoms with van der Waals surface area (Å²) in [6.07, 6.45) is -0.369. The van der Waals surface area contributed by atoms with Crippen LogP contribution in [0.1, 0.15) is 26.3 Å². The van der Waals surface area contributed by atoms with Gasteiger partial charge in [0.2, 0.25) is 0 Å². The number of methoxy groups -OCH3 is 1. The summed E-state index contributed by atoms with van der Waals surface area (Å²) in [5.74, 6) is -0.270. The summed E-state index contributed by atoms with van der Waals surface area (Å²) in [4.78, 5) is 11.5. The minimum Gasteiger partial charge on any atom is -0.471 e. The zero-order chi connectivity index (χ0) is 18.4. The zero-order valence-electron chi connectivity index (χ0n) is 15.2. The standard InChI is InChI=1S/C15H22BF3NO4.K/c1-15(2,3)24-14(21)20-8-7-11-5-6-13(23-10-22-4)12(9-11)16(17,18)19;/h5-6,9H,7-8,10H2,1-4H3,(H,20,21);/q-1;+1. The maximum absolute atomic E-state index is 13.1. The molecule has 0 atom stereocenters. The second kappa shape index (κ2) is 10.8. The average molecular weight is 387 g/mol. The van der Waals surface area contributed by atoms with Crippen molar-refractivity contribution in [3.63, 3.8) is 0 Å². The summed E-state index contributed by atoms with van der Waals surface area (Å²) in [5, 5.41) is 2.51. The second-order valence-corrected chi connectivity index (χ2v) is 6.18. The van der Waals surface area contributed by atoms with E-state index < -0.39 is 24.1 Å². The third-order valence-electron chi connectivity index (χ3n) is 2.84. The van der Waals surface area contributed by atoms with Crippen LogP contribution in [0.15, 0.2) is 18.2 Å². The van der Waals surface area contributed by atoms with E-state index >= 15 is 0 Å². The molecule has 0 spiro atoms. The zero-order valence-corrected chi connectivity index (χ0v) is 18.3. The Hall–Kier alpha value is -0.259. The molecule has 0 unspecified atom stereocenters. The summed E-state index contributed by atoms with van der Waals surface area (Å²) in [5.41, 5.74) is -1.01. The number of benzene rings is 1. The normalized spacial score (nSPS) is 11.5. The van der Waals surface area contributed by atoms with Gasteiger partial charge < -0.3 is 32.5 Å². The van der Waals surface area contributed by atoms with Gasteiger partial charge in [0, 0.05) is 13.7 Å². The Morgan fingerprint density at radius 2 is 1.88 bits per heavy atom. The monoisotopic (exact) mass is 387 g/mol. The first-order chi connectivity index (χ1) is 11.0. The fraction of sp³-hybridized carbons (Fsp3) is 0.533. The minimum atomic E-state index is -5.22. The summed E-state index contributed by atoms with van der Waals surface area (Å²) < 4.78 is 54.1. The molecule has 10 heteroatoms. The third-order valence-corrected chi connectivity index (χ3v) is 2.84. The fourth-order valence-electron chi connectivity index (χ4n) is 1.89. The molecule has 0 aromatic heterocycles. The van der Waals surface area contributed by atoms with E-state index in [4.69, 9.17) is 9.47 Å². The number of alkyl carbamates (subject to hydrolysis) is 1. The van der Waals surface area contributed by atoms with Crippen LogP contribution in [0.25, 0.3) is 0 Å². The van der Waals surface area contributed by atoms with Crippen LogP contribution in [0.2, 0.25) is 0 Å². The number of hydrogen-bond donors (Lipinski definition) is 1. The molecule has 1 aromatic carbocycles. The first-order valence-corrected chi connectivity index (χ1v) is 7.44. The molecule has 0 aliphatic heterocycles. The van der Waals surface area contributed by atoms with Gasteiger partial charge in [0.15, 0.2) is 6.79 Å². The van der Waals surface area contributed by atoms with Crippen molar-refractivity contribution in [3.8, 4) is 5.75 Å². The summed E-state index contributed by atoms with van der Waals surface area (Å²) in [6.45, 7) is -0.145. The van der Waals surface area contributed by atoms with Crippen LogP contribution in [0.5, 0.6) is 5.75 Å². The van der Waals surface area contributed by atoms with Gasteiger partial charge in [-0.05, 0) is 38.8 Å². The van der Waals surface area contributed by atoms with E-state index in [0.717, 1.165) is 6.07 Å². The molecule has 0 aliphatic carbocycles. The number of halogens is 3. The molecule has 1 rings (SSSR count). The van der Waals surface area contributed by atoms with Crippen LogP contribution in [0.4, 0.5) is 17.7 Å². The fourth-order valence-corrected chi connectivity index (χ4v) is 1.89. The van der Waals surface area contributed by atoms with Gasteiger partial charge in [0.25, 0.3) is 0 Å². The van der Waals surface area contributed by atoms with Gasteiger partial charge in [-0.25, -0.2) is 4.79 Å². The van der Waals surface area contributed by atoms with Crippen LogP contribution in [0, 0.1) is 0 Å². The minimum absolute atomic E-state index is 0. The van der Waals surface area contributed by atoms with Crippen molar-refractivity contribution >= 4 is 18.5 Å². The molecule has 1 aromatic rings. The van der Waals surface area contributed by atoms with Crippen molar-refractivity contribution in [2.24, 2.45) is 0 Å². The smallest absolute Gasteiger partial charge is 0.471 e. The van der Waals surface area contributed by atoms with Crippen LogP contribution >= 0.6 is 0 Å². The molecule has 1 amide bonds. The Labute approximate surface area is 188 Å². The molecule has 0 radical (unpaired) electrons. The van der Waals surface area contributed by atoms with Gasteiger partial charge in [-0.1, -0.05) is 17.6 Å². The predicted molar refractivity (Wildman–Crippen MR) is 85.6 cm³/mol. The Morgan fingerprint density at radius 1 is 1.24 bits per heavy atom. The number of rotatable bonds is 7. The van der Waals surface area contributed by atoms with Crippen molar-refractivity contribution in [1.29, 1.82) is 0 Å². The quantitative estimate of drug-likeness (QED) is 0.520. The number of nitrogens with one attached hydrogen (secondary N) is 1. The van der Waals surface area contributed by atoms with Crippen molar-refractivity contribution in [2.75, 3.05) is 20.4 Å². The Bertz CT molecular complexity index is 565. The van der Waals surface area contributed by atoms with E-state index in [1.54, 1.807) is 20.8 Å². The predicted octanol–water partition coefficient (Wildman–Crippen LogP) is -0.205. The van der Waals surface area contributed by atoms with E-state index in [9.17, 15) is 17.7 Å². The van der Waals surface area contributed by atoms with E-state index in [2.05, 4.69) is 10.1 Å². The molecule has 136 valence electrons. The molecule has 0 saturated heterocycles. The Balaban J connectivity index is 0.00000576. The van der Waals surface area contributed by atoms with Crippen molar-refractivity contribution in [3.05, 3.63) is 23.8 Å². The number of hydrogen-bond acceptors (Lipinski definition) is 4. The number of amides is 1. The summed E-state index contributed by atoms with van der Waals surface area (Å²) >= 11 is 0. The van der Waals surface area contributed by atoms with Crippen LogP contribution in [0.3, 0.4) is 0 Å². The largest absolute Gasteiger partial charge is 1.00 e. The third kappa shape index (κ3) is 9.86. The van der Waals surface area contributed by atoms with E-state index in [-0.39, 0.29) is 76.9 Å². The van der Waals surface area contributed by atoms with Crippen molar-refractivity contribution in [2.45, 2.75) is 32.8 Å². The van der Waals surface area contributed by atoms with Gasteiger partial charge in [0.05, 0.1) is 5.75 Å². The molecular weight excluding hydrogens is 365 g/mol. The van der Waals surface area contributed by atoms with Gasteiger partial charge in [-0.3, -0.25) is 0 Å². The maximum Gasteiger partial charge on any atom is 1.00 e. The van der Waals surface area contributed by atoms with E-state index in [0.29, 0.717) is 5.56 Å². The Morgan fingerprint density at radius 3 is 2.40 bits per heavy atom. The molecule has 0 saturated carbocycles. The molecule has 1 N–H and O–H groups in total. The van der Waals surface area contributed by atoms with Gasteiger partial charge in [-0.15, -0.1) is 0 Å². The van der Waals surface area contributed by atoms with Crippen LogP contribution in [-0.2, 0) is 15.9 Å². The first kappa shape index (κ1) is 24.7. The molecule has 5 nitrogen and oxygen atoms in total. The molecule has 0 heterocycles. The molecular formula is C15H22BF3KNO4. The average Bonchev–Trinajstić information content (AvgIpc) is 2.42. The first-order valence-electron chi connectivity index (χ1n) is 7.44. The summed E-state index contributed by atoms with van der Waals surface area (Å²) in [7, 11) is 1.33. The molecule has 25 heavy (non-hydrogen) atoms. The molecule has 0 bridgehead atoms. The van der Waals surface area contributed by atoms with Gasteiger partial charge in [0.1, 0.15) is 5.60 Å². The summed E-state index contributed by atoms with van der Waals surface area (Å²) in [6, 6.07) is 3.81. The van der Waals surface area contributed by atoms with Gasteiger partial charge in [-0.2, -0.15) is 0 Å². The maximum atomic E-state index is 13.1. The van der Waals surface area contributed by atoms with E-state index in [1.165, 1.54) is 19.2 Å². The number of carbonyl (C=O) groups excluding carboxylic acids is 1. The SMILES string of the molecule is COCOc1ccc(CCNC(=O)OC(C)(C)C)cc1[B-](F)(F)F.[K+]. The Kier molecular flexibility index (Phi) is 10.7.